The van der Waals surface area contributed by atoms with E-state index in [2.05, 4.69) is 0 Å². The molecular weight excluding hydrogens is 293 g/mol. The van der Waals surface area contributed by atoms with Gasteiger partial charge in [0.1, 0.15) is 5.75 Å². The van der Waals surface area contributed by atoms with Crippen LogP contribution in [0.15, 0.2) is 30.3 Å². The van der Waals surface area contributed by atoms with Gasteiger partial charge >= 0.3 is 0 Å². The Hall–Kier alpha value is -1.22. The van der Waals surface area contributed by atoms with E-state index in [1.807, 2.05) is 38.1 Å². The molecule has 2 nitrogen and oxygen atoms in total. The van der Waals surface area contributed by atoms with Crippen LogP contribution in [0.2, 0.25) is 10.0 Å². The number of hydrogen-bond acceptors (Lipinski definition) is 2. The van der Waals surface area contributed by atoms with Gasteiger partial charge in [0.2, 0.25) is 0 Å². The summed E-state index contributed by atoms with van der Waals surface area (Å²) in [7, 11) is 0. The number of aryl methyl sites for hydroxylation is 1. The second-order valence-electron chi connectivity index (χ2n) is 4.55. The first-order chi connectivity index (χ1) is 9.56. The summed E-state index contributed by atoms with van der Waals surface area (Å²) >= 11 is 12.6. The normalized spacial score (nSPS) is 10.7. The van der Waals surface area contributed by atoms with Gasteiger partial charge in [0, 0.05) is 18.2 Å². The molecule has 0 saturated heterocycles. The average Bonchev–Trinajstić information content (AvgIpc) is 2.43. The zero-order chi connectivity index (χ0) is 14.7. The molecule has 2 aromatic carbocycles. The molecule has 0 amide bonds. The van der Waals surface area contributed by atoms with Gasteiger partial charge in [-0.15, -0.1) is 0 Å². The van der Waals surface area contributed by atoms with Gasteiger partial charge in [0.05, 0.1) is 16.7 Å². The molecule has 0 aliphatic rings. The number of rotatable bonds is 4. The van der Waals surface area contributed by atoms with Crippen LogP contribution in [-0.4, -0.2) is 6.61 Å². The van der Waals surface area contributed by atoms with Crippen LogP contribution in [0.3, 0.4) is 0 Å². The maximum absolute atomic E-state index is 6.37. The first-order valence-corrected chi connectivity index (χ1v) is 7.24. The van der Waals surface area contributed by atoms with Crippen molar-refractivity contribution in [3.8, 4) is 16.9 Å². The van der Waals surface area contributed by atoms with Gasteiger partial charge in [0.15, 0.2) is 0 Å². The molecule has 2 N–H and O–H groups in total. The van der Waals surface area contributed by atoms with Gasteiger partial charge in [0.25, 0.3) is 0 Å². The highest BCUT2D eigenvalue weighted by atomic mass is 35.5. The van der Waals surface area contributed by atoms with Gasteiger partial charge < -0.3 is 10.5 Å². The van der Waals surface area contributed by atoms with Crippen LogP contribution < -0.4 is 10.5 Å². The third-order valence-corrected chi connectivity index (χ3v) is 3.76. The molecule has 0 aliphatic heterocycles. The fourth-order valence-corrected chi connectivity index (χ4v) is 2.56. The highest BCUT2D eigenvalue weighted by molar-refractivity contribution is 6.36. The molecule has 4 heteroatoms. The van der Waals surface area contributed by atoms with E-state index in [1.165, 1.54) is 0 Å². The Morgan fingerprint density at radius 3 is 2.45 bits per heavy atom. The highest BCUT2D eigenvalue weighted by Crippen LogP contribution is 2.38. The molecule has 0 saturated carbocycles. The molecule has 0 spiro atoms. The zero-order valence-corrected chi connectivity index (χ0v) is 13.1. The van der Waals surface area contributed by atoms with Gasteiger partial charge in [-0.3, -0.25) is 0 Å². The van der Waals surface area contributed by atoms with Crippen LogP contribution in [0.4, 0.5) is 0 Å². The van der Waals surface area contributed by atoms with Gasteiger partial charge in [-0.25, -0.2) is 0 Å². The summed E-state index contributed by atoms with van der Waals surface area (Å²) in [5.41, 5.74) is 9.83. The molecule has 2 rings (SSSR count). The molecule has 0 radical (unpaired) electrons. The van der Waals surface area contributed by atoms with Crippen LogP contribution in [0, 0.1) is 6.92 Å². The fourth-order valence-electron chi connectivity index (χ4n) is 2.09. The van der Waals surface area contributed by atoms with Crippen molar-refractivity contribution in [2.45, 2.75) is 20.4 Å². The molecule has 0 bridgehead atoms. The van der Waals surface area contributed by atoms with Crippen LogP contribution in [0.25, 0.3) is 11.1 Å². The van der Waals surface area contributed by atoms with Crippen molar-refractivity contribution in [3.05, 3.63) is 51.5 Å². The quantitative estimate of drug-likeness (QED) is 0.878. The Morgan fingerprint density at radius 2 is 1.80 bits per heavy atom. The number of hydrogen-bond donors (Lipinski definition) is 1. The lowest BCUT2D eigenvalue weighted by Gasteiger charge is -2.13. The summed E-state index contributed by atoms with van der Waals surface area (Å²) in [6.45, 7) is 5.00. The Kier molecular flexibility index (Phi) is 4.92. The smallest absolute Gasteiger partial charge is 0.139 e. The van der Waals surface area contributed by atoms with Gasteiger partial charge in [-0.2, -0.15) is 0 Å². The first kappa shape index (κ1) is 15.2. The molecule has 0 aromatic heterocycles. The fraction of sp³-hybridized carbons (Fsp3) is 0.250. The third kappa shape index (κ3) is 3.09. The van der Waals surface area contributed by atoms with E-state index >= 15 is 0 Å². The molecule has 2 aromatic rings. The Balaban J connectivity index is 2.55. The maximum Gasteiger partial charge on any atom is 0.139 e. The minimum absolute atomic E-state index is 0.496. The Morgan fingerprint density at radius 1 is 1.05 bits per heavy atom. The van der Waals surface area contributed by atoms with E-state index in [4.69, 9.17) is 33.7 Å². The van der Waals surface area contributed by atoms with E-state index in [0.717, 1.165) is 22.3 Å². The molecule has 0 atom stereocenters. The van der Waals surface area contributed by atoms with Crippen molar-refractivity contribution in [1.82, 2.24) is 0 Å². The van der Waals surface area contributed by atoms with Crippen molar-refractivity contribution >= 4 is 23.2 Å². The van der Waals surface area contributed by atoms with E-state index in [1.54, 1.807) is 6.07 Å². The summed E-state index contributed by atoms with van der Waals surface area (Å²) in [6.07, 6.45) is 0. The van der Waals surface area contributed by atoms with Crippen LogP contribution in [0.5, 0.6) is 5.75 Å². The van der Waals surface area contributed by atoms with E-state index in [0.29, 0.717) is 28.9 Å². The number of ether oxygens (including phenoxy) is 1. The Bertz CT molecular complexity index is 626. The summed E-state index contributed by atoms with van der Waals surface area (Å²) in [4.78, 5) is 0. The minimum Gasteiger partial charge on any atom is -0.492 e. The van der Waals surface area contributed by atoms with Crippen LogP contribution >= 0.6 is 23.2 Å². The summed E-state index contributed by atoms with van der Waals surface area (Å²) in [5.74, 6) is 0.607. The lowest BCUT2D eigenvalue weighted by atomic mass is 9.98. The van der Waals surface area contributed by atoms with Gasteiger partial charge in [-0.1, -0.05) is 35.3 Å². The van der Waals surface area contributed by atoms with Crippen LogP contribution in [-0.2, 0) is 6.54 Å². The molecule has 0 unspecified atom stereocenters. The van der Waals surface area contributed by atoms with Crippen molar-refractivity contribution in [3.63, 3.8) is 0 Å². The molecule has 0 heterocycles. The van der Waals surface area contributed by atoms with Crippen molar-refractivity contribution in [2.24, 2.45) is 5.73 Å². The van der Waals surface area contributed by atoms with E-state index in [-0.39, 0.29) is 0 Å². The number of halogens is 2. The Labute approximate surface area is 129 Å². The average molecular weight is 310 g/mol. The summed E-state index contributed by atoms with van der Waals surface area (Å²) < 4.78 is 5.45. The third-order valence-electron chi connectivity index (χ3n) is 3.15. The molecule has 106 valence electrons. The van der Waals surface area contributed by atoms with E-state index in [9.17, 15) is 0 Å². The number of benzene rings is 2. The SMILES string of the molecule is CCOc1cc(Cl)c(-c2cc(CN)ccc2C)cc1Cl. The summed E-state index contributed by atoms with van der Waals surface area (Å²) in [5, 5.41) is 1.18. The molecule has 0 fully saturated rings. The monoisotopic (exact) mass is 309 g/mol. The lowest BCUT2D eigenvalue weighted by Crippen LogP contribution is -1.98. The zero-order valence-electron chi connectivity index (χ0n) is 11.5. The molecular formula is C16H17Cl2NO. The predicted molar refractivity (Wildman–Crippen MR) is 85.7 cm³/mol. The van der Waals surface area contributed by atoms with Crippen molar-refractivity contribution in [1.29, 1.82) is 0 Å². The van der Waals surface area contributed by atoms with Crippen molar-refractivity contribution < 1.29 is 4.74 Å². The largest absolute Gasteiger partial charge is 0.492 e. The standard InChI is InChI=1S/C16H17Cl2NO/c1-3-20-16-8-14(17)13(7-15(16)18)12-6-11(9-19)5-4-10(12)2/h4-8H,3,9,19H2,1-2H3. The topological polar surface area (TPSA) is 35.2 Å². The predicted octanol–water partition coefficient (Wildman–Crippen LogP) is 4.83. The second kappa shape index (κ2) is 6.49. The van der Waals surface area contributed by atoms with Crippen molar-refractivity contribution in [2.75, 3.05) is 6.61 Å². The van der Waals surface area contributed by atoms with E-state index < -0.39 is 0 Å². The van der Waals surface area contributed by atoms with Gasteiger partial charge in [-0.05, 0) is 42.7 Å². The van der Waals surface area contributed by atoms with Crippen LogP contribution in [0.1, 0.15) is 18.1 Å². The lowest BCUT2D eigenvalue weighted by molar-refractivity contribution is 0.340. The first-order valence-electron chi connectivity index (χ1n) is 6.48. The minimum atomic E-state index is 0.496. The number of nitrogens with two attached hydrogens (primary N) is 1. The molecule has 20 heavy (non-hydrogen) atoms. The highest BCUT2D eigenvalue weighted by Gasteiger charge is 2.12. The second-order valence-corrected chi connectivity index (χ2v) is 5.36. The maximum atomic E-state index is 6.37. The summed E-state index contributed by atoms with van der Waals surface area (Å²) in [6, 6.07) is 9.71. The molecule has 0 aliphatic carbocycles.